The molecule has 2 N–H and O–H groups in total. The van der Waals surface area contributed by atoms with Crippen LogP contribution in [0.5, 0.6) is 0 Å². The van der Waals surface area contributed by atoms with E-state index in [0.717, 1.165) is 20.5 Å². The molecule has 0 unspecified atom stereocenters. The second-order valence-electron chi connectivity index (χ2n) is 4.21. The summed E-state index contributed by atoms with van der Waals surface area (Å²) in [6.07, 6.45) is 5.27. The molecule has 0 radical (unpaired) electrons. The third-order valence-electron chi connectivity index (χ3n) is 2.88. The summed E-state index contributed by atoms with van der Waals surface area (Å²) in [6.45, 7) is 0. The van der Waals surface area contributed by atoms with E-state index in [2.05, 4.69) is 32.6 Å². The van der Waals surface area contributed by atoms with Crippen LogP contribution in [0.15, 0.2) is 49.1 Å². The van der Waals surface area contributed by atoms with Crippen LogP contribution in [0.1, 0.15) is 0 Å². The van der Waals surface area contributed by atoms with Crippen molar-refractivity contribution in [1.29, 1.82) is 0 Å². The lowest BCUT2D eigenvalue weighted by molar-refractivity contribution is 1.05. The second-order valence-corrected chi connectivity index (χ2v) is 5.81. The van der Waals surface area contributed by atoms with Gasteiger partial charge in [0.05, 0.1) is 23.9 Å². The van der Waals surface area contributed by atoms with E-state index in [0.29, 0.717) is 10.8 Å². The van der Waals surface area contributed by atoms with Gasteiger partial charge >= 0.3 is 0 Å². The molecule has 2 aromatic heterocycles. The molecule has 20 heavy (non-hydrogen) atoms. The number of imidazole rings is 1. The molecular formula is C14H10ClIN4. The minimum absolute atomic E-state index is 0.487. The van der Waals surface area contributed by atoms with Crippen molar-refractivity contribution in [2.24, 2.45) is 0 Å². The number of nitrogens with two attached hydrogens (primary N) is 1. The molecule has 0 aliphatic heterocycles. The van der Waals surface area contributed by atoms with E-state index < -0.39 is 0 Å². The van der Waals surface area contributed by atoms with Gasteiger partial charge in [-0.1, -0.05) is 11.6 Å². The van der Waals surface area contributed by atoms with Crippen LogP contribution in [0.3, 0.4) is 0 Å². The predicted molar refractivity (Wildman–Crippen MR) is 88.9 cm³/mol. The third kappa shape index (κ3) is 2.51. The highest BCUT2D eigenvalue weighted by Crippen LogP contribution is 2.27. The molecule has 0 amide bonds. The van der Waals surface area contributed by atoms with Crippen molar-refractivity contribution in [3.05, 3.63) is 57.6 Å². The maximum Gasteiger partial charge on any atom is 0.123 e. The van der Waals surface area contributed by atoms with Gasteiger partial charge in [-0.25, -0.2) is 9.97 Å². The van der Waals surface area contributed by atoms with E-state index in [-0.39, 0.29) is 0 Å². The zero-order valence-electron chi connectivity index (χ0n) is 10.3. The fourth-order valence-electron chi connectivity index (χ4n) is 1.98. The lowest BCUT2D eigenvalue weighted by atomic mass is 10.2. The minimum atomic E-state index is 0.487. The van der Waals surface area contributed by atoms with E-state index in [4.69, 9.17) is 17.3 Å². The molecule has 0 atom stereocenters. The van der Waals surface area contributed by atoms with Crippen LogP contribution < -0.4 is 5.73 Å². The number of pyridine rings is 1. The summed E-state index contributed by atoms with van der Waals surface area (Å²) in [6, 6.07) is 9.49. The predicted octanol–water partition coefficient (Wildman–Crippen LogP) is 3.77. The van der Waals surface area contributed by atoms with Crippen LogP contribution in [0.2, 0.25) is 5.02 Å². The number of nitrogens with zero attached hydrogens (tertiary/aromatic N) is 3. The summed E-state index contributed by atoms with van der Waals surface area (Å²) < 4.78 is 3.06. The van der Waals surface area contributed by atoms with E-state index >= 15 is 0 Å². The highest BCUT2D eigenvalue weighted by Gasteiger charge is 2.10. The molecule has 0 spiro atoms. The Balaban J connectivity index is 2.15. The van der Waals surface area contributed by atoms with Gasteiger partial charge in [-0.2, -0.15) is 0 Å². The molecule has 1 aromatic carbocycles. The smallest absolute Gasteiger partial charge is 0.123 e. The Morgan fingerprint density at radius 3 is 2.80 bits per heavy atom. The quantitative estimate of drug-likeness (QED) is 0.671. The van der Waals surface area contributed by atoms with Crippen molar-refractivity contribution in [2.45, 2.75) is 0 Å². The Kier molecular flexibility index (Phi) is 3.62. The summed E-state index contributed by atoms with van der Waals surface area (Å²) in [7, 11) is 0. The fraction of sp³-hybridized carbons (Fsp3) is 0. The van der Waals surface area contributed by atoms with Gasteiger partial charge in [0.1, 0.15) is 5.82 Å². The highest BCUT2D eigenvalue weighted by molar-refractivity contribution is 14.1. The molecule has 3 aromatic rings. The van der Waals surface area contributed by atoms with Crippen molar-refractivity contribution >= 4 is 40.0 Å². The lowest BCUT2D eigenvalue weighted by Crippen LogP contribution is -1.98. The average Bonchev–Trinajstić information content (AvgIpc) is 2.87. The van der Waals surface area contributed by atoms with E-state index in [1.807, 2.05) is 34.9 Å². The number of hydrogen-bond acceptors (Lipinski definition) is 3. The Hall–Kier alpha value is -1.60. The number of nitrogen functional groups attached to an aromatic ring is 1. The fourth-order valence-corrected chi connectivity index (χ4v) is 3.12. The minimum Gasteiger partial charge on any atom is -0.384 e. The summed E-state index contributed by atoms with van der Waals surface area (Å²) in [4.78, 5) is 8.24. The first-order valence-electron chi connectivity index (χ1n) is 5.85. The summed E-state index contributed by atoms with van der Waals surface area (Å²) in [5.41, 5.74) is 8.70. The summed E-state index contributed by atoms with van der Waals surface area (Å²) >= 11 is 8.26. The normalized spacial score (nSPS) is 10.7. The van der Waals surface area contributed by atoms with Gasteiger partial charge in [-0.15, -0.1) is 0 Å². The van der Waals surface area contributed by atoms with Crippen molar-refractivity contribution in [3.63, 3.8) is 0 Å². The molecule has 0 bridgehead atoms. The Bertz CT molecular complexity index is 769. The first-order chi connectivity index (χ1) is 9.65. The topological polar surface area (TPSA) is 56.7 Å². The average molecular weight is 397 g/mol. The first kappa shape index (κ1) is 13.4. The van der Waals surface area contributed by atoms with Gasteiger partial charge in [-0.05, 0) is 52.9 Å². The van der Waals surface area contributed by atoms with Crippen molar-refractivity contribution in [1.82, 2.24) is 14.5 Å². The SMILES string of the molecule is Nc1cc(-c2cncn2-c2ccc(Cl)cc2I)ccn1. The van der Waals surface area contributed by atoms with Crippen LogP contribution >= 0.6 is 34.2 Å². The number of benzene rings is 1. The monoisotopic (exact) mass is 396 g/mol. The maximum atomic E-state index is 6.00. The molecule has 0 aliphatic rings. The number of anilines is 1. The van der Waals surface area contributed by atoms with Crippen LogP contribution in [0, 0.1) is 3.57 Å². The molecule has 0 saturated heterocycles. The zero-order valence-corrected chi connectivity index (χ0v) is 13.2. The van der Waals surface area contributed by atoms with Crippen LogP contribution in [-0.4, -0.2) is 14.5 Å². The van der Waals surface area contributed by atoms with Crippen molar-refractivity contribution in [2.75, 3.05) is 5.73 Å². The standard InChI is InChI=1S/C14H10ClIN4/c15-10-1-2-12(11(16)6-10)20-8-18-7-13(20)9-3-4-19-14(17)5-9/h1-8H,(H2,17,19). The molecule has 6 heteroatoms. The van der Waals surface area contributed by atoms with Crippen LogP contribution in [-0.2, 0) is 0 Å². The number of halogens is 2. The number of rotatable bonds is 2. The first-order valence-corrected chi connectivity index (χ1v) is 7.30. The molecule has 3 rings (SSSR count). The molecule has 100 valence electrons. The van der Waals surface area contributed by atoms with E-state index in [1.54, 1.807) is 18.7 Å². The largest absolute Gasteiger partial charge is 0.384 e. The molecular weight excluding hydrogens is 387 g/mol. The summed E-state index contributed by atoms with van der Waals surface area (Å²) in [5, 5.41) is 0.716. The molecule has 2 heterocycles. The second kappa shape index (κ2) is 5.41. The highest BCUT2D eigenvalue weighted by atomic mass is 127. The van der Waals surface area contributed by atoms with Gasteiger partial charge < -0.3 is 5.73 Å². The summed E-state index contributed by atoms with van der Waals surface area (Å²) in [5.74, 6) is 0.487. The third-order valence-corrected chi connectivity index (χ3v) is 3.98. The molecule has 0 saturated carbocycles. The molecule has 0 aliphatic carbocycles. The van der Waals surface area contributed by atoms with Crippen molar-refractivity contribution < 1.29 is 0 Å². The maximum absolute atomic E-state index is 6.00. The van der Waals surface area contributed by atoms with Gasteiger partial charge in [0, 0.05) is 20.4 Å². The van der Waals surface area contributed by atoms with Gasteiger partial charge in [0.25, 0.3) is 0 Å². The zero-order chi connectivity index (χ0) is 14.1. The Morgan fingerprint density at radius 2 is 2.05 bits per heavy atom. The molecule has 4 nitrogen and oxygen atoms in total. The van der Waals surface area contributed by atoms with Gasteiger partial charge in [-0.3, -0.25) is 4.57 Å². The van der Waals surface area contributed by atoms with E-state index in [1.165, 1.54) is 0 Å². The Morgan fingerprint density at radius 1 is 1.20 bits per heavy atom. The number of aromatic nitrogens is 3. The van der Waals surface area contributed by atoms with Gasteiger partial charge in [0.2, 0.25) is 0 Å². The van der Waals surface area contributed by atoms with Crippen molar-refractivity contribution in [3.8, 4) is 16.9 Å². The van der Waals surface area contributed by atoms with Crippen LogP contribution in [0.25, 0.3) is 16.9 Å². The Labute approximate surface area is 134 Å². The lowest BCUT2D eigenvalue weighted by Gasteiger charge is -2.10. The van der Waals surface area contributed by atoms with Crippen LogP contribution in [0.4, 0.5) is 5.82 Å². The molecule has 0 fully saturated rings. The number of hydrogen-bond donors (Lipinski definition) is 1. The van der Waals surface area contributed by atoms with Gasteiger partial charge in [0.15, 0.2) is 0 Å². The van der Waals surface area contributed by atoms with E-state index in [9.17, 15) is 0 Å².